The number of amides is 1. The molecular formula is C15H18Br2N2O3. The summed E-state index contributed by atoms with van der Waals surface area (Å²) in [4.78, 5) is 14.1. The number of likely N-dealkylation sites (tertiary alicyclic amines) is 1. The second kappa shape index (κ2) is 5.78. The van der Waals surface area contributed by atoms with Gasteiger partial charge in [0.25, 0.3) is 0 Å². The lowest BCUT2D eigenvalue weighted by molar-refractivity contribution is -0.135. The molecule has 0 saturated carbocycles. The molecule has 1 aromatic rings. The standard InChI is InChI=1S/C15H18Br2N2O3/c1-19-13(20)12(15(14(19)21)4-3-5-18-15)8-6-11(22-2)10(17)7-9(8)16/h6-7,12-13,18,20H,3-5H2,1-2H3/t12?,13-,15-/m0/s1. The number of nitrogens with one attached hydrogen (secondary N) is 1. The largest absolute Gasteiger partial charge is 0.496 e. The maximum atomic E-state index is 12.7. The molecule has 120 valence electrons. The van der Waals surface area contributed by atoms with E-state index in [0.29, 0.717) is 5.75 Å². The van der Waals surface area contributed by atoms with E-state index in [4.69, 9.17) is 4.74 Å². The van der Waals surface area contributed by atoms with E-state index in [9.17, 15) is 9.90 Å². The molecule has 0 aliphatic carbocycles. The van der Waals surface area contributed by atoms with Gasteiger partial charge in [-0.3, -0.25) is 4.79 Å². The van der Waals surface area contributed by atoms with Gasteiger partial charge in [0.15, 0.2) is 0 Å². The van der Waals surface area contributed by atoms with Gasteiger partial charge < -0.3 is 20.1 Å². The SMILES string of the molecule is COc1cc(C2[C@H](O)N(C)C(=O)[C@]23CCCN3)c(Br)cc1Br. The number of aliphatic hydroxyl groups excluding tert-OH is 1. The Hall–Kier alpha value is -0.630. The first-order chi connectivity index (χ1) is 10.4. The molecule has 1 aromatic carbocycles. The average molecular weight is 434 g/mol. The van der Waals surface area contributed by atoms with E-state index in [1.54, 1.807) is 14.2 Å². The van der Waals surface area contributed by atoms with Crippen molar-refractivity contribution in [3.8, 4) is 5.75 Å². The van der Waals surface area contributed by atoms with Crippen molar-refractivity contribution in [3.05, 3.63) is 26.6 Å². The number of methoxy groups -OCH3 is 1. The fourth-order valence-electron chi connectivity index (χ4n) is 3.63. The quantitative estimate of drug-likeness (QED) is 0.750. The molecule has 2 N–H and O–H groups in total. The van der Waals surface area contributed by atoms with Crippen LogP contribution in [0.25, 0.3) is 0 Å². The summed E-state index contributed by atoms with van der Waals surface area (Å²) in [6.45, 7) is 0.786. The number of nitrogens with zero attached hydrogens (tertiary/aromatic N) is 1. The van der Waals surface area contributed by atoms with Crippen LogP contribution in [0.15, 0.2) is 21.1 Å². The Morgan fingerprint density at radius 2 is 2.14 bits per heavy atom. The highest BCUT2D eigenvalue weighted by Gasteiger charge is 2.59. The van der Waals surface area contributed by atoms with E-state index in [-0.39, 0.29) is 11.8 Å². The molecule has 2 aliphatic heterocycles. The summed E-state index contributed by atoms with van der Waals surface area (Å²) < 4.78 is 7.04. The number of carbonyl (C=O) groups excluding carboxylic acids is 1. The summed E-state index contributed by atoms with van der Waals surface area (Å²) in [5, 5.41) is 14.0. The second-order valence-corrected chi connectivity index (χ2v) is 7.53. The first-order valence-corrected chi connectivity index (χ1v) is 8.74. The molecule has 2 fully saturated rings. The van der Waals surface area contributed by atoms with E-state index < -0.39 is 11.8 Å². The summed E-state index contributed by atoms with van der Waals surface area (Å²) in [6, 6.07) is 3.78. The zero-order valence-electron chi connectivity index (χ0n) is 12.4. The molecule has 5 nitrogen and oxygen atoms in total. The van der Waals surface area contributed by atoms with Crippen LogP contribution >= 0.6 is 31.9 Å². The third kappa shape index (κ3) is 2.21. The van der Waals surface area contributed by atoms with Gasteiger partial charge in [0.05, 0.1) is 17.5 Å². The molecular weight excluding hydrogens is 416 g/mol. The zero-order chi connectivity index (χ0) is 16.1. The van der Waals surface area contributed by atoms with E-state index in [1.807, 2.05) is 12.1 Å². The molecule has 1 amide bonds. The fraction of sp³-hybridized carbons (Fsp3) is 0.533. The van der Waals surface area contributed by atoms with Crippen LogP contribution in [0.2, 0.25) is 0 Å². The first-order valence-electron chi connectivity index (χ1n) is 7.15. The van der Waals surface area contributed by atoms with Gasteiger partial charge >= 0.3 is 0 Å². The highest BCUT2D eigenvalue weighted by atomic mass is 79.9. The van der Waals surface area contributed by atoms with Crippen molar-refractivity contribution >= 4 is 37.8 Å². The normalized spacial score (nSPS) is 31.3. The summed E-state index contributed by atoms with van der Waals surface area (Å²) in [6.07, 6.45) is 0.789. The van der Waals surface area contributed by atoms with Crippen LogP contribution in [-0.4, -0.2) is 48.4 Å². The minimum Gasteiger partial charge on any atom is -0.496 e. The number of likely N-dealkylation sites (N-methyl/N-ethyl adjacent to an activating group) is 1. The highest BCUT2D eigenvalue weighted by Crippen LogP contribution is 2.48. The van der Waals surface area contributed by atoms with E-state index >= 15 is 0 Å². The lowest BCUT2D eigenvalue weighted by Gasteiger charge is -2.30. The monoisotopic (exact) mass is 432 g/mol. The molecule has 3 atom stereocenters. The molecule has 0 radical (unpaired) electrons. The highest BCUT2D eigenvalue weighted by molar-refractivity contribution is 9.11. The van der Waals surface area contributed by atoms with Gasteiger partial charge in [-0.25, -0.2) is 0 Å². The van der Waals surface area contributed by atoms with Crippen LogP contribution in [0.4, 0.5) is 0 Å². The number of ether oxygens (including phenoxy) is 1. The molecule has 2 aliphatic rings. The number of halogens is 2. The molecule has 0 bridgehead atoms. The average Bonchev–Trinajstić information content (AvgIpc) is 3.03. The van der Waals surface area contributed by atoms with Crippen molar-refractivity contribution in [2.45, 2.75) is 30.5 Å². The maximum Gasteiger partial charge on any atom is 0.245 e. The van der Waals surface area contributed by atoms with Crippen molar-refractivity contribution in [1.29, 1.82) is 0 Å². The smallest absolute Gasteiger partial charge is 0.245 e. The molecule has 2 saturated heterocycles. The van der Waals surface area contributed by atoms with Crippen molar-refractivity contribution in [2.75, 3.05) is 20.7 Å². The Labute approximate surface area is 146 Å². The van der Waals surface area contributed by atoms with E-state index in [2.05, 4.69) is 37.2 Å². The number of rotatable bonds is 2. The Bertz CT molecular complexity index is 617. The zero-order valence-corrected chi connectivity index (χ0v) is 15.6. The minimum absolute atomic E-state index is 0.0451. The van der Waals surface area contributed by atoms with Gasteiger partial charge in [-0.2, -0.15) is 0 Å². The molecule has 7 heteroatoms. The summed E-state index contributed by atoms with van der Waals surface area (Å²) in [7, 11) is 3.25. The van der Waals surface area contributed by atoms with Crippen LogP contribution in [0.3, 0.4) is 0 Å². The van der Waals surface area contributed by atoms with Crippen LogP contribution in [0.1, 0.15) is 24.3 Å². The fourth-order valence-corrected chi connectivity index (χ4v) is 5.03. The first kappa shape index (κ1) is 16.2. The molecule has 0 aromatic heterocycles. The second-order valence-electron chi connectivity index (χ2n) is 5.82. The predicted octanol–water partition coefficient (Wildman–Crippen LogP) is 2.22. The van der Waals surface area contributed by atoms with Gasteiger partial charge in [0.2, 0.25) is 5.91 Å². The molecule has 1 unspecified atom stereocenters. The lowest BCUT2D eigenvalue weighted by Crippen LogP contribution is -2.50. The molecule has 22 heavy (non-hydrogen) atoms. The molecule has 1 spiro atoms. The summed E-state index contributed by atoms with van der Waals surface area (Å²) >= 11 is 7.02. The number of hydrogen-bond donors (Lipinski definition) is 2. The van der Waals surface area contributed by atoms with Crippen molar-refractivity contribution in [2.24, 2.45) is 0 Å². The molecule has 3 rings (SSSR count). The van der Waals surface area contributed by atoms with Crippen LogP contribution in [-0.2, 0) is 4.79 Å². The van der Waals surface area contributed by atoms with Crippen molar-refractivity contribution in [1.82, 2.24) is 10.2 Å². The number of benzene rings is 1. The summed E-state index contributed by atoms with van der Waals surface area (Å²) in [5.41, 5.74) is 0.148. The van der Waals surface area contributed by atoms with Gasteiger partial charge in [0, 0.05) is 11.5 Å². The number of carbonyl (C=O) groups is 1. The molecule has 2 heterocycles. The van der Waals surface area contributed by atoms with Crippen LogP contribution < -0.4 is 10.1 Å². The number of hydrogen-bond acceptors (Lipinski definition) is 4. The Morgan fingerprint density at radius 3 is 2.73 bits per heavy atom. The van der Waals surface area contributed by atoms with E-state index in [1.165, 1.54) is 4.90 Å². The van der Waals surface area contributed by atoms with Crippen molar-refractivity contribution < 1.29 is 14.6 Å². The van der Waals surface area contributed by atoms with Crippen LogP contribution in [0.5, 0.6) is 5.75 Å². The third-order valence-corrected chi connectivity index (χ3v) is 6.03. The minimum atomic E-state index is -0.861. The summed E-state index contributed by atoms with van der Waals surface area (Å²) in [5.74, 6) is 0.292. The number of aliphatic hydroxyl groups is 1. The van der Waals surface area contributed by atoms with E-state index in [0.717, 1.165) is 33.9 Å². The lowest BCUT2D eigenvalue weighted by atomic mass is 9.79. The third-order valence-electron chi connectivity index (χ3n) is 4.72. The predicted molar refractivity (Wildman–Crippen MR) is 89.9 cm³/mol. The van der Waals surface area contributed by atoms with Gasteiger partial charge in [-0.1, -0.05) is 15.9 Å². The van der Waals surface area contributed by atoms with Gasteiger partial charge in [0.1, 0.15) is 17.5 Å². The van der Waals surface area contributed by atoms with Gasteiger partial charge in [-0.05, 0) is 53.0 Å². The van der Waals surface area contributed by atoms with Crippen molar-refractivity contribution in [3.63, 3.8) is 0 Å². The Balaban J connectivity index is 2.15. The maximum absolute atomic E-state index is 12.7. The topological polar surface area (TPSA) is 61.8 Å². The Morgan fingerprint density at radius 1 is 1.41 bits per heavy atom. The Kier molecular flexibility index (Phi) is 4.26. The van der Waals surface area contributed by atoms with Crippen LogP contribution in [0, 0.1) is 0 Å². The van der Waals surface area contributed by atoms with Gasteiger partial charge in [-0.15, -0.1) is 0 Å².